The summed E-state index contributed by atoms with van der Waals surface area (Å²) in [6.07, 6.45) is 0. The summed E-state index contributed by atoms with van der Waals surface area (Å²) in [6, 6.07) is 4.82. The van der Waals surface area contributed by atoms with Crippen molar-refractivity contribution in [3.8, 4) is 0 Å². The van der Waals surface area contributed by atoms with Gasteiger partial charge in [0.05, 0.1) is 6.61 Å². The lowest BCUT2D eigenvalue weighted by molar-refractivity contribution is -0.143. The van der Waals surface area contributed by atoms with Crippen LogP contribution in [0.15, 0.2) is 18.2 Å². The van der Waals surface area contributed by atoms with E-state index < -0.39 is 5.97 Å². The molecule has 0 fully saturated rings. The molecule has 0 N–H and O–H groups in total. The third kappa shape index (κ3) is 5.17. The van der Waals surface area contributed by atoms with E-state index in [9.17, 15) is 9.59 Å². The van der Waals surface area contributed by atoms with Crippen molar-refractivity contribution in [2.45, 2.75) is 20.8 Å². The molecular weight excluding hydrogens is 280 g/mol. The summed E-state index contributed by atoms with van der Waals surface area (Å²) in [7, 11) is 0. The van der Waals surface area contributed by atoms with Gasteiger partial charge < -0.3 is 9.64 Å². The van der Waals surface area contributed by atoms with Gasteiger partial charge in [-0.25, -0.2) is 4.98 Å². The second-order valence-corrected chi connectivity index (χ2v) is 5.12. The Morgan fingerprint density at radius 2 is 2.10 bits per heavy atom. The highest BCUT2D eigenvalue weighted by Gasteiger charge is 2.21. The zero-order chi connectivity index (χ0) is 15.1. The van der Waals surface area contributed by atoms with Crippen LogP contribution in [0.5, 0.6) is 0 Å². The topological polar surface area (TPSA) is 59.5 Å². The lowest BCUT2D eigenvalue weighted by atomic mass is 10.2. The average molecular weight is 299 g/mol. The lowest BCUT2D eigenvalue weighted by Gasteiger charge is -2.23. The van der Waals surface area contributed by atoms with Crippen LogP contribution < -0.4 is 0 Å². The predicted octanol–water partition coefficient (Wildman–Crippen LogP) is 2.40. The van der Waals surface area contributed by atoms with Gasteiger partial charge in [-0.3, -0.25) is 9.59 Å². The van der Waals surface area contributed by atoms with Crippen LogP contribution in [0.25, 0.3) is 0 Å². The molecule has 0 aliphatic carbocycles. The molecule has 1 rings (SSSR count). The molecule has 0 saturated carbocycles. The molecule has 1 heterocycles. The first-order chi connectivity index (χ1) is 9.43. The van der Waals surface area contributed by atoms with Crippen molar-refractivity contribution in [3.63, 3.8) is 0 Å². The van der Waals surface area contributed by atoms with E-state index in [1.54, 1.807) is 25.1 Å². The highest BCUT2D eigenvalue weighted by Crippen LogP contribution is 2.10. The maximum absolute atomic E-state index is 12.4. The van der Waals surface area contributed by atoms with Crippen LogP contribution in [0, 0.1) is 5.92 Å². The number of halogens is 1. The number of pyridine rings is 1. The normalized spacial score (nSPS) is 10.4. The number of carbonyl (C=O) groups is 2. The van der Waals surface area contributed by atoms with E-state index in [1.165, 1.54) is 4.90 Å². The number of aromatic nitrogens is 1. The number of hydrogen-bond acceptors (Lipinski definition) is 4. The van der Waals surface area contributed by atoms with E-state index in [0.29, 0.717) is 6.54 Å². The van der Waals surface area contributed by atoms with Crippen LogP contribution in [0.2, 0.25) is 5.15 Å². The van der Waals surface area contributed by atoms with Gasteiger partial charge in [0, 0.05) is 6.54 Å². The third-order valence-electron chi connectivity index (χ3n) is 2.43. The van der Waals surface area contributed by atoms with E-state index >= 15 is 0 Å². The summed E-state index contributed by atoms with van der Waals surface area (Å²) in [4.78, 5) is 29.4. The second-order valence-electron chi connectivity index (χ2n) is 4.73. The largest absolute Gasteiger partial charge is 0.465 e. The molecule has 110 valence electrons. The molecule has 0 atom stereocenters. The number of ether oxygens (including phenoxy) is 1. The van der Waals surface area contributed by atoms with Gasteiger partial charge in [-0.05, 0) is 25.0 Å². The number of nitrogens with zero attached hydrogens (tertiary/aromatic N) is 2. The van der Waals surface area contributed by atoms with Gasteiger partial charge in [0.2, 0.25) is 0 Å². The first-order valence-corrected chi connectivity index (χ1v) is 6.89. The van der Waals surface area contributed by atoms with E-state index in [2.05, 4.69) is 4.98 Å². The standard InChI is InChI=1S/C14H19ClN2O3/c1-4-20-13(18)9-17(8-10(2)3)14(19)11-6-5-7-12(15)16-11/h5-7,10H,4,8-9H2,1-3H3. The van der Waals surface area contributed by atoms with Crippen molar-refractivity contribution in [1.82, 2.24) is 9.88 Å². The summed E-state index contributed by atoms with van der Waals surface area (Å²) in [5, 5.41) is 0.247. The Hall–Kier alpha value is -1.62. The van der Waals surface area contributed by atoms with E-state index in [4.69, 9.17) is 16.3 Å². The Labute approximate surface area is 123 Å². The number of rotatable bonds is 6. The van der Waals surface area contributed by atoms with Gasteiger partial charge in [-0.15, -0.1) is 0 Å². The summed E-state index contributed by atoms with van der Waals surface area (Å²) in [5.74, 6) is -0.523. The summed E-state index contributed by atoms with van der Waals surface area (Å²) >= 11 is 5.78. The fraction of sp³-hybridized carbons (Fsp3) is 0.500. The fourth-order valence-electron chi connectivity index (χ4n) is 1.71. The Kier molecular flexibility index (Phi) is 6.45. The third-order valence-corrected chi connectivity index (χ3v) is 2.64. The molecule has 20 heavy (non-hydrogen) atoms. The smallest absolute Gasteiger partial charge is 0.325 e. The van der Waals surface area contributed by atoms with Gasteiger partial charge in [-0.1, -0.05) is 31.5 Å². The minimum atomic E-state index is -0.427. The van der Waals surface area contributed by atoms with Crippen molar-refractivity contribution in [2.24, 2.45) is 5.92 Å². The fourth-order valence-corrected chi connectivity index (χ4v) is 1.88. The summed E-state index contributed by atoms with van der Waals surface area (Å²) in [5.41, 5.74) is 0.224. The van der Waals surface area contributed by atoms with Crippen molar-refractivity contribution in [2.75, 3.05) is 19.7 Å². The second kappa shape index (κ2) is 7.85. The average Bonchev–Trinajstić information content (AvgIpc) is 2.37. The van der Waals surface area contributed by atoms with Crippen molar-refractivity contribution in [3.05, 3.63) is 29.0 Å². The quantitative estimate of drug-likeness (QED) is 0.598. The maximum Gasteiger partial charge on any atom is 0.325 e. The number of carbonyl (C=O) groups excluding carboxylic acids is 2. The molecule has 0 unspecified atom stereocenters. The molecule has 0 spiro atoms. The highest BCUT2D eigenvalue weighted by atomic mass is 35.5. The van der Waals surface area contributed by atoms with Crippen LogP contribution in [0.4, 0.5) is 0 Å². The minimum absolute atomic E-state index is 0.0843. The molecule has 0 bridgehead atoms. The molecule has 0 aliphatic heterocycles. The molecule has 1 aromatic rings. The van der Waals surface area contributed by atoms with Gasteiger partial charge >= 0.3 is 5.97 Å². The van der Waals surface area contributed by atoms with Gasteiger partial charge in [0.1, 0.15) is 17.4 Å². The van der Waals surface area contributed by atoms with Crippen LogP contribution in [0.3, 0.4) is 0 Å². The molecule has 0 aliphatic rings. The summed E-state index contributed by atoms with van der Waals surface area (Å²) < 4.78 is 4.88. The van der Waals surface area contributed by atoms with Crippen LogP contribution in [-0.2, 0) is 9.53 Å². The van der Waals surface area contributed by atoms with E-state index in [-0.39, 0.29) is 35.8 Å². The molecule has 6 heteroatoms. The lowest BCUT2D eigenvalue weighted by Crippen LogP contribution is -2.39. The minimum Gasteiger partial charge on any atom is -0.465 e. The van der Waals surface area contributed by atoms with E-state index in [1.807, 2.05) is 13.8 Å². The summed E-state index contributed by atoms with van der Waals surface area (Å²) in [6.45, 7) is 6.32. The molecular formula is C14H19ClN2O3. The number of esters is 1. The Morgan fingerprint density at radius 1 is 1.40 bits per heavy atom. The Morgan fingerprint density at radius 3 is 2.65 bits per heavy atom. The Balaban J connectivity index is 2.86. The van der Waals surface area contributed by atoms with Crippen LogP contribution >= 0.6 is 11.6 Å². The number of hydrogen-bond donors (Lipinski definition) is 0. The molecule has 0 aromatic carbocycles. The Bertz CT molecular complexity index is 477. The maximum atomic E-state index is 12.4. The zero-order valence-corrected chi connectivity index (χ0v) is 12.7. The molecule has 5 nitrogen and oxygen atoms in total. The first kappa shape index (κ1) is 16.4. The van der Waals surface area contributed by atoms with Gasteiger partial charge in [0.25, 0.3) is 5.91 Å². The van der Waals surface area contributed by atoms with Crippen LogP contribution in [-0.4, -0.2) is 41.5 Å². The van der Waals surface area contributed by atoms with Crippen molar-refractivity contribution < 1.29 is 14.3 Å². The molecule has 1 amide bonds. The van der Waals surface area contributed by atoms with E-state index in [0.717, 1.165) is 0 Å². The van der Waals surface area contributed by atoms with Crippen molar-refractivity contribution in [1.29, 1.82) is 0 Å². The number of amides is 1. The van der Waals surface area contributed by atoms with Gasteiger partial charge in [-0.2, -0.15) is 0 Å². The highest BCUT2D eigenvalue weighted by molar-refractivity contribution is 6.29. The molecule has 0 radical (unpaired) electrons. The first-order valence-electron chi connectivity index (χ1n) is 6.51. The van der Waals surface area contributed by atoms with Crippen LogP contribution in [0.1, 0.15) is 31.3 Å². The zero-order valence-electron chi connectivity index (χ0n) is 11.9. The van der Waals surface area contributed by atoms with Crippen molar-refractivity contribution >= 4 is 23.5 Å². The van der Waals surface area contributed by atoms with Gasteiger partial charge in [0.15, 0.2) is 0 Å². The monoisotopic (exact) mass is 298 g/mol. The predicted molar refractivity (Wildman–Crippen MR) is 76.6 cm³/mol. The SMILES string of the molecule is CCOC(=O)CN(CC(C)C)C(=O)c1cccc(Cl)n1. The molecule has 0 saturated heterocycles. The molecule has 1 aromatic heterocycles.